The van der Waals surface area contributed by atoms with Crippen molar-refractivity contribution >= 4 is 17.0 Å². The summed E-state index contributed by atoms with van der Waals surface area (Å²) in [7, 11) is 1.54. The van der Waals surface area contributed by atoms with Gasteiger partial charge in [0.1, 0.15) is 17.8 Å². The Morgan fingerprint density at radius 1 is 1.50 bits per heavy atom. The maximum Gasteiger partial charge on any atom is 0.141 e. The number of thiazole rings is 1. The van der Waals surface area contributed by atoms with Gasteiger partial charge in [-0.1, -0.05) is 5.16 Å². The Morgan fingerprint density at radius 2 is 2.17 bits per heavy atom. The van der Waals surface area contributed by atoms with Crippen LogP contribution < -0.4 is 0 Å². The molecule has 0 unspecified atom stereocenters. The van der Waals surface area contributed by atoms with Crippen LogP contribution in [0.5, 0.6) is 0 Å². The Morgan fingerprint density at radius 3 is 2.58 bits per heavy atom. The topological polar surface area (TPSA) is 34.5 Å². The molecule has 0 atom stereocenters. The quantitative estimate of drug-likeness (QED) is 0.521. The molecule has 0 bridgehead atoms. The highest BCUT2D eigenvalue weighted by molar-refractivity contribution is 7.13. The van der Waals surface area contributed by atoms with Crippen LogP contribution in [0.25, 0.3) is 0 Å². The van der Waals surface area contributed by atoms with Crippen LogP contribution in [0.4, 0.5) is 0 Å². The lowest BCUT2D eigenvalue weighted by Gasteiger charge is -1.91. The molecule has 0 saturated carbocycles. The maximum absolute atomic E-state index is 4.66. The summed E-state index contributed by atoms with van der Waals surface area (Å²) >= 11 is 1.64. The van der Waals surface area contributed by atoms with Crippen molar-refractivity contribution in [1.82, 2.24) is 4.98 Å². The minimum atomic E-state index is 0.832. The second-order valence-corrected chi connectivity index (χ2v) is 3.72. The molecule has 0 saturated heterocycles. The molecule has 0 N–H and O–H groups in total. The zero-order chi connectivity index (χ0) is 9.14. The van der Waals surface area contributed by atoms with Gasteiger partial charge in [0.05, 0.1) is 5.69 Å². The average Bonchev–Trinajstić information content (AvgIpc) is 2.33. The lowest BCUT2D eigenvalue weighted by molar-refractivity contribution is 0.213. The summed E-state index contributed by atoms with van der Waals surface area (Å²) in [4.78, 5) is 10.2. The zero-order valence-electron chi connectivity index (χ0n) is 7.71. The van der Waals surface area contributed by atoms with E-state index in [9.17, 15) is 0 Å². The molecule has 0 aromatic carbocycles. The number of hydrogen-bond donors (Lipinski definition) is 0. The van der Waals surface area contributed by atoms with Gasteiger partial charge in [-0.15, -0.1) is 11.3 Å². The van der Waals surface area contributed by atoms with E-state index in [4.69, 9.17) is 0 Å². The van der Waals surface area contributed by atoms with Crippen LogP contribution in [0, 0.1) is 13.8 Å². The van der Waals surface area contributed by atoms with Gasteiger partial charge < -0.3 is 4.84 Å². The van der Waals surface area contributed by atoms with Crippen LogP contribution in [-0.4, -0.2) is 17.8 Å². The number of nitrogens with zero attached hydrogens (tertiary/aromatic N) is 2. The molecule has 0 spiro atoms. The number of rotatable bonds is 2. The van der Waals surface area contributed by atoms with E-state index in [0.29, 0.717) is 0 Å². The lowest BCUT2D eigenvalue weighted by Crippen LogP contribution is -1.93. The molecule has 12 heavy (non-hydrogen) atoms. The van der Waals surface area contributed by atoms with E-state index in [1.807, 2.05) is 13.8 Å². The third-order valence-corrected chi connectivity index (χ3v) is 2.75. The van der Waals surface area contributed by atoms with Crippen LogP contribution in [0.3, 0.4) is 0 Å². The van der Waals surface area contributed by atoms with Crippen LogP contribution >= 0.6 is 11.3 Å². The number of hydrogen-bond acceptors (Lipinski definition) is 4. The fourth-order valence-corrected chi connectivity index (χ4v) is 1.65. The van der Waals surface area contributed by atoms with Gasteiger partial charge in [-0.05, 0) is 20.8 Å². The summed E-state index contributed by atoms with van der Waals surface area (Å²) in [5.41, 5.74) is 1.90. The largest absolute Gasteiger partial charge is 0.399 e. The van der Waals surface area contributed by atoms with Crippen LogP contribution in [-0.2, 0) is 4.84 Å². The predicted molar refractivity (Wildman–Crippen MR) is 50.8 cm³/mol. The molecule has 0 amide bonds. The zero-order valence-corrected chi connectivity index (χ0v) is 8.53. The van der Waals surface area contributed by atoms with Gasteiger partial charge in [-0.3, -0.25) is 0 Å². The van der Waals surface area contributed by atoms with Crippen molar-refractivity contribution in [1.29, 1.82) is 0 Å². The van der Waals surface area contributed by atoms with E-state index in [1.165, 1.54) is 12.0 Å². The number of aryl methyl sites for hydroxylation is 2. The Hall–Kier alpha value is -0.900. The standard InChI is InChI=1S/C8H12N2OS/c1-5-7(3)12-8(9-5)6(2)10-11-4/h1-4H3/b10-6+. The van der Waals surface area contributed by atoms with E-state index in [2.05, 4.69) is 21.9 Å². The smallest absolute Gasteiger partial charge is 0.141 e. The molecule has 1 heterocycles. The van der Waals surface area contributed by atoms with Gasteiger partial charge in [0.15, 0.2) is 0 Å². The van der Waals surface area contributed by atoms with Crippen LogP contribution in [0.1, 0.15) is 22.5 Å². The van der Waals surface area contributed by atoms with E-state index in [-0.39, 0.29) is 0 Å². The molecule has 1 aromatic heterocycles. The van der Waals surface area contributed by atoms with Crippen LogP contribution in [0.2, 0.25) is 0 Å². The average molecular weight is 184 g/mol. The highest BCUT2D eigenvalue weighted by Gasteiger charge is 2.06. The van der Waals surface area contributed by atoms with Crippen molar-refractivity contribution in [3.05, 3.63) is 15.6 Å². The molecule has 0 aliphatic heterocycles. The first-order valence-electron chi connectivity index (χ1n) is 3.67. The van der Waals surface area contributed by atoms with Gasteiger partial charge in [-0.25, -0.2) is 4.98 Å². The first kappa shape index (κ1) is 9.19. The SMILES string of the molecule is CO/N=C(\C)c1nc(C)c(C)s1. The van der Waals surface area contributed by atoms with Gasteiger partial charge in [0.2, 0.25) is 0 Å². The molecule has 0 aliphatic carbocycles. The monoisotopic (exact) mass is 184 g/mol. The van der Waals surface area contributed by atoms with Crippen LogP contribution in [0.15, 0.2) is 5.16 Å². The molecule has 0 fully saturated rings. The Kier molecular flexibility index (Phi) is 2.81. The van der Waals surface area contributed by atoms with Crippen molar-refractivity contribution in [2.75, 3.05) is 7.11 Å². The van der Waals surface area contributed by atoms with Crippen molar-refractivity contribution in [3.8, 4) is 0 Å². The molecule has 1 rings (SSSR count). The van der Waals surface area contributed by atoms with Crippen molar-refractivity contribution in [2.24, 2.45) is 5.16 Å². The summed E-state index contributed by atoms with van der Waals surface area (Å²) in [6.45, 7) is 5.94. The highest BCUT2D eigenvalue weighted by Crippen LogP contribution is 2.16. The summed E-state index contributed by atoms with van der Waals surface area (Å²) < 4.78 is 0. The molecule has 1 aromatic rings. The highest BCUT2D eigenvalue weighted by atomic mass is 32.1. The Balaban J connectivity index is 2.96. The van der Waals surface area contributed by atoms with Crippen molar-refractivity contribution in [2.45, 2.75) is 20.8 Å². The molecule has 4 heteroatoms. The van der Waals surface area contributed by atoms with Gasteiger partial charge in [0.25, 0.3) is 0 Å². The van der Waals surface area contributed by atoms with Crippen molar-refractivity contribution < 1.29 is 4.84 Å². The minimum Gasteiger partial charge on any atom is -0.399 e. The molecule has 0 radical (unpaired) electrons. The van der Waals surface area contributed by atoms with Gasteiger partial charge in [0, 0.05) is 4.88 Å². The first-order chi connectivity index (χ1) is 5.65. The maximum atomic E-state index is 4.66. The third-order valence-electron chi connectivity index (χ3n) is 1.57. The van der Waals surface area contributed by atoms with E-state index < -0.39 is 0 Å². The summed E-state index contributed by atoms with van der Waals surface area (Å²) in [5.74, 6) is 0. The molecule has 66 valence electrons. The normalized spacial score (nSPS) is 11.8. The Bertz CT molecular complexity index is 285. The van der Waals surface area contributed by atoms with E-state index in [1.54, 1.807) is 11.3 Å². The van der Waals surface area contributed by atoms with E-state index in [0.717, 1.165) is 16.4 Å². The third kappa shape index (κ3) is 1.82. The summed E-state index contributed by atoms with van der Waals surface area (Å²) in [6, 6.07) is 0. The fraction of sp³-hybridized carbons (Fsp3) is 0.500. The second kappa shape index (κ2) is 3.67. The van der Waals surface area contributed by atoms with Crippen molar-refractivity contribution in [3.63, 3.8) is 0 Å². The first-order valence-corrected chi connectivity index (χ1v) is 4.49. The summed E-state index contributed by atoms with van der Waals surface area (Å²) in [5, 5.41) is 4.75. The fourth-order valence-electron chi connectivity index (χ4n) is 0.803. The molecular formula is C8H12N2OS. The predicted octanol–water partition coefficient (Wildman–Crippen LogP) is 2.13. The lowest BCUT2D eigenvalue weighted by atomic mass is 10.4. The van der Waals surface area contributed by atoms with E-state index >= 15 is 0 Å². The minimum absolute atomic E-state index is 0.832. The number of aromatic nitrogens is 1. The Labute approximate surface area is 76.1 Å². The van der Waals surface area contributed by atoms with Gasteiger partial charge in [-0.2, -0.15) is 0 Å². The molecule has 3 nitrogen and oxygen atoms in total. The number of oxime groups is 1. The second-order valence-electron chi connectivity index (χ2n) is 2.52. The summed E-state index contributed by atoms with van der Waals surface area (Å²) in [6.07, 6.45) is 0. The van der Waals surface area contributed by atoms with Gasteiger partial charge >= 0.3 is 0 Å². The molecular weight excluding hydrogens is 172 g/mol. The molecule has 0 aliphatic rings.